The van der Waals surface area contributed by atoms with Crippen LogP contribution in [0.4, 0.5) is 0 Å². The monoisotopic (exact) mass is 351 g/mol. The van der Waals surface area contributed by atoms with Gasteiger partial charge in [0.25, 0.3) is 5.91 Å². The number of carbonyl (C=O) groups excluding carboxylic acids is 1. The van der Waals surface area contributed by atoms with E-state index in [-0.39, 0.29) is 11.9 Å². The van der Waals surface area contributed by atoms with Crippen molar-refractivity contribution in [2.75, 3.05) is 7.11 Å². The second-order valence-electron chi connectivity index (χ2n) is 6.16. The highest BCUT2D eigenvalue weighted by Crippen LogP contribution is 2.20. The Morgan fingerprint density at radius 3 is 2.77 bits per heavy atom. The number of amides is 1. The lowest BCUT2D eigenvalue weighted by Crippen LogP contribution is -2.22. The molecule has 0 aliphatic carbocycles. The molecule has 0 atom stereocenters. The summed E-state index contributed by atoms with van der Waals surface area (Å²) in [5.41, 5.74) is 2.33. The van der Waals surface area contributed by atoms with Crippen LogP contribution in [0.3, 0.4) is 0 Å². The molecule has 1 amide bonds. The summed E-state index contributed by atoms with van der Waals surface area (Å²) in [5.74, 6) is 1.25. The molecule has 0 unspecified atom stereocenters. The molecule has 7 nitrogen and oxygen atoms in total. The molecule has 0 fully saturated rings. The predicted octanol–water partition coefficient (Wildman–Crippen LogP) is 2.86. The SMILES string of the molecule is COc1cccc(CNC(=O)c2cccc(-c3nnnn3C(C)C)c2)c1. The molecular formula is C19H21N5O2. The summed E-state index contributed by atoms with van der Waals surface area (Å²) in [6.07, 6.45) is 0. The van der Waals surface area contributed by atoms with Crippen LogP contribution in [0.25, 0.3) is 11.4 Å². The molecule has 0 radical (unpaired) electrons. The van der Waals surface area contributed by atoms with Gasteiger partial charge in [-0.15, -0.1) is 5.10 Å². The first-order chi connectivity index (χ1) is 12.6. The van der Waals surface area contributed by atoms with Gasteiger partial charge in [0.1, 0.15) is 5.75 Å². The second kappa shape index (κ2) is 7.77. The zero-order valence-corrected chi connectivity index (χ0v) is 15.0. The number of ether oxygens (including phenoxy) is 1. The van der Waals surface area contributed by atoms with Crippen molar-refractivity contribution in [3.05, 3.63) is 59.7 Å². The molecule has 1 aromatic heterocycles. The molecule has 134 valence electrons. The average molecular weight is 351 g/mol. The lowest BCUT2D eigenvalue weighted by molar-refractivity contribution is 0.0951. The lowest BCUT2D eigenvalue weighted by atomic mass is 10.1. The molecule has 0 saturated heterocycles. The number of carbonyl (C=O) groups is 1. The molecule has 26 heavy (non-hydrogen) atoms. The molecule has 1 N–H and O–H groups in total. The van der Waals surface area contributed by atoms with Gasteiger partial charge in [-0.3, -0.25) is 4.79 Å². The van der Waals surface area contributed by atoms with Crippen LogP contribution in [0.1, 0.15) is 35.8 Å². The molecule has 0 aliphatic heterocycles. The number of aromatic nitrogens is 4. The first-order valence-electron chi connectivity index (χ1n) is 8.38. The number of hydrogen-bond donors (Lipinski definition) is 1. The molecule has 3 rings (SSSR count). The minimum absolute atomic E-state index is 0.130. The minimum Gasteiger partial charge on any atom is -0.497 e. The van der Waals surface area contributed by atoms with E-state index < -0.39 is 0 Å². The minimum atomic E-state index is -0.154. The fraction of sp³-hybridized carbons (Fsp3) is 0.263. The molecular weight excluding hydrogens is 330 g/mol. The summed E-state index contributed by atoms with van der Waals surface area (Å²) in [6, 6.07) is 15.0. The number of rotatable bonds is 6. The maximum absolute atomic E-state index is 12.5. The second-order valence-corrected chi connectivity index (χ2v) is 6.16. The summed E-state index contributed by atoms with van der Waals surface area (Å²) in [4.78, 5) is 12.5. The number of hydrogen-bond acceptors (Lipinski definition) is 5. The Labute approximate surface area is 152 Å². The average Bonchev–Trinajstić information content (AvgIpc) is 3.16. The van der Waals surface area contributed by atoms with Crippen LogP contribution in [-0.4, -0.2) is 33.2 Å². The van der Waals surface area contributed by atoms with Gasteiger partial charge in [-0.2, -0.15) is 0 Å². The van der Waals surface area contributed by atoms with Crippen LogP contribution in [0, 0.1) is 0 Å². The highest BCUT2D eigenvalue weighted by atomic mass is 16.5. The number of nitrogens with one attached hydrogen (secondary N) is 1. The van der Waals surface area contributed by atoms with Crippen molar-refractivity contribution in [3.8, 4) is 17.1 Å². The van der Waals surface area contributed by atoms with Crippen molar-refractivity contribution >= 4 is 5.91 Å². The van der Waals surface area contributed by atoms with E-state index in [0.717, 1.165) is 16.9 Å². The van der Waals surface area contributed by atoms with Crippen LogP contribution in [-0.2, 0) is 6.54 Å². The third kappa shape index (κ3) is 3.88. The lowest BCUT2D eigenvalue weighted by Gasteiger charge is -2.10. The van der Waals surface area contributed by atoms with Gasteiger partial charge in [0.2, 0.25) is 0 Å². The van der Waals surface area contributed by atoms with Gasteiger partial charge < -0.3 is 10.1 Å². The molecule has 0 spiro atoms. The van der Waals surface area contributed by atoms with Crippen molar-refractivity contribution in [3.63, 3.8) is 0 Å². The van der Waals surface area contributed by atoms with Crippen LogP contribution >= 0.6 is 0 Å². The number of benzene rings is 2. The predicted molar refractivity (Wildman–Crippen MR) is 97.8 cm³/mol. The third-order valence-electron chi connectivity index (χ3n) is 3.95. The van der Waals surface area contributed by atoms with E-state index in [1.54, 1.807) is 23.9 Å². The van der Waals surface area contributed by atoms with Gasteiger partial charge in [0, 0.05) is 17.7 Å². The molecule has 0 saturated carbocycles. The normalized spacial score (nSPS) is 10.8. The Morgan fingerprint density at radius 1 is 1.19 bits per heavy atom. The summed E-state index contributed by atoms with van der Waals surface area (Å²) in [5, 5.41) is 14.7. The van der Waals surface area contributed by atoms with E-state index in [1.807, 2.05) is 50.2 Å². The van der Waals surface area contributed by atoms with Crippen molar-refractivity contribution in [2.45, 2.75) is 26.4 Å². The van der Waals surface area contributed by atoms with Crippen LogP contribution in [0.2, 0.25) is 0 Å². The first kappa shape index (κ1) is 17.6. The third-order valence-corrected chi connectivity index (χ3v) is 3.95. The Hall–Kier alpha value is -3.22. The summed E-state index contributed by atoms with van der Waals surface area (Å²) >= 11 is 0. The van der Waals surface area contributed by atoms with Crippen LogP contribution in [0.5, 0.6) is 5.75 Å². The van der Waals surface area contributed by atoms with Gasteiger partial charge in [-0.05, 0) is 54.1 Å². The first-order valence-corrected chi connectivity index (χ1v) is 8.38. The Kier molecular flexibility index (Phi) is 5.26. The van der Waals surface area contributed by atoms with Crippen LogP contribution < -0.4 is 10.1 Å². The van der Waals surface area contributed by atoms with Crippen molar-refractivity contribution in [1.29, 1.82) is 0 Å². The van der Waals surface area contributed by atoms with Crippen molar-refractivity contribution < 1.29 is 9.53 Å². The zero-order valence-electron chi connectivity index (χ0n) is 15.0. The molecule has 2 aromatic carbocycles. The molecule has 0 bridgehead atoms. The van der Waals surface area contributed by atoms with Gasteiger partial charge >= 0.3 is 0 Å². The molecule has 1 heterocycles. The Morgan fingerprint density at radius 2 is 2.00 bits per heavy atom. The Balaban J connectivity index is 1.75. The van der Waals surface area contributed by atoms with Gasteiger partial charge in [-0.25, -0.2) is 4.68 Å². The Bertz CT molecular complexity index is 904. The number of methoxy groups -OCH3 is 1. The van der Waals surface area contributed by atoms with E-state index in [4.69, 9.17) is 4.74 Å². The van der Waals surface area contributed by atoms with E-state index in [2.05, 4.69) is 20.8 Å². The number of nitrogens with zero attached hydrogens (tertiary/aromatic N) is 4. The largest absolute Gasteiger partial charge is 0.497 e. The maximum atomic E-state index is 12.5. The zero-order chi connectivity index (χ0) is 18.5. The standard InChI is InChI=1S/C19H21N5O2/c1-13(2)24-18(21-22-23-24)15-7-5-8-16(11-15)19(25)20-12-14-6-4-9-17(10-14)26-3/h4-11,13H,12H2,1-3H3,(H,20,25). The fourth-order valence-electron chi connectivity index (χ4n) is 2.60. The summed E-state index contributed by atoms with van der Waals surface area (Å²) < 4.78 is 6.93. The van der Waals surface area contributed by atoms with Gasteiger partial charge in [0.15, 0.2) is 5.82 Å². The fourth-order valence-corrected chi connectivity index (χ4v) is 2.60. The van der Waals surface area contributed by atoms with Crippen molar-refractivity contribution in [2.24, 2.45) is 0 Å². The van der Waals surface area contributed by atoms with E-state index in [1.165, 1.54) is 0 Å². The maximum Gasteiger partial charge on any atom is 0.251 e. The van der Waals surface area contributed by atoms with Gasteiger partial charge in [-0.1, -0.05) is 24.3 Å². The summed E-state index contributed by atoms with van der Waals surface area (Å²) in [7, 11) is 1.62. The number of tetrazole rings is 1. The molecule has 0 aliphatic rings. The summed E-state index contributed by atoms with van der Waals surface area (Å²) in [6.45, 7) is 4.43. The topological polar surface area (TPSA) is 81.9 Å². The van der Waals surface area contributed by atoms with Crippen LogP contribution in [0.15, 0.2) is 48.5 Å². The van der Waals surface area contributed by atoms with Gasteiger partial charge in [0.05, 0.1) is 13.2 Å². The smallest absolute Gasteiger partial charge is 0.251 e. The molecule has 7 heteroatoms. The van der Waals surface area contributed by atoms with E-state index in [0.29, 0.717) is 17.9 Å². The highest BCUT2D eigenvalue weighted by Gasteiger charge is 2.13. The van der Waals surface area contributed by atoms with E-state index >= 15 is 0 Å². The quantitative estimate of drug-likeness (QED) is 0.738. The highest BCUT2D eigenvalue weighted by molar-refractivity contribution is 5.95. The van der Waals surface area contributed by atoms with Crippen molar-refractivity contribution in [1.82, 2.24) is 25.5 Å². The van der Waals surface area contributed by atoms with E-state index in [9.17, 15) is 4.79 Å². The molecule has 3 aromatic rings.